The first-order valence-corrected chi connectivity index (χ1v) is 6.82. The molecule has 1 N–H and O–H groups in total. The SMILES string of the molecule is CC.Cc1ccc(C(=O)NCCN(C)C)cc1C(F)(F)F. The fraction of sp³-hybridized carbons (Fsp3) is 0.533. The van der Waals surface area contributed by atoms with Crippen LogP contribution < -0.4 is 5.32 Å². The van der Waals surface area contributed by atoms with E-state index in [4.69, 9.17) is 0 Å². The summed E-state index contributed by atoms with van der Waals surface area (Å²) in [7, 11) is 3.69. The largest absolute Gasteiger partial charge is 0.416 e. The summed E-state index contributed by atoms with van der Waals surface area (Å²) in [5.41, 5.74) is -0.637. The van der Waals surface area contributed by atoms with Crippen LogP contribution >= 0.6 is 0 Å². The molecule has 0 aliphatic carbocycles. The van der Waals surface area contributed by atoms with Crippen molar-refractivity contribution in [2.75, 3.05) is 27.2 Å². The Bertz CT molecular complexity index is 457. The average molecular weight is 304 g/mol. The zero-order valence-corrected chi connectivity index (χ0v) is 13.1. The highest BCUT2D eigenvalue weighted by molar-refractivity contribution is 5.94. The van der Waals surface area contributed by atoms with Crippen molar-refractivity contribution in [1.82, 2.24) is 10.2 Å². The van der Waals surface area contributed by atoms with Crippen molar-refractivity contribution in [3.05, 3.63) is 34.9 Å². The number of hydrogen-bond acceptors (Lipinski definition) is 2. The molecule has 3 nitrogen and oxygen atoms in total. The number of carbonyl (C=O) groups is 1. The monoisotopic (exact) mass is 304 g/mol. The first-order valence-electron chi connectivity index (χ1n) is 6.82. The Hall–Kier alpha value is -1.56. The van der Waals surface area contributed by atoms with Crippen LogP contribution in [0.2, 0.25) is 0 Å². The number of amides is 1. The van der Waals surface area contributed by atoms with E-state index in [0.29, 0.717) is 13.1 Å². The van der Waals surface area contributed by atoms with Crippen LogP contribution in [0.5, 0.6) is 0 Å². The van der Waals surface area contributed by atoms with Gasteiger partial charge in [0.15, 0.2) is 0 Å². The van der Waals surface area contributed by atoms with Crippen molar-refractivity contribution in [2.24, 2.45) is 0 Å². The van der Waals surface area contributed by atoms with Crippen molar-refractivity contribution in [3.63, 3.8) is 0 Å². The minimum Gasteiger partial charge on any atom is -0.351 e. The maximum atomic E-state index is 12.7. The third-order valence-corrected chi connectivity index (χ3v) is 2.65. The molecule has 0 aliphatic heterocycles. The summed E-state index contributed by atoms with van der Waals surface area (Å²) in [5, 5.41) is 2.58. The van der Waals surface area contributed by atoms with Gasteiger partial charge in [0.1, 0.15) is 0 Å². The lowest BCUT2D eigenvalue weighted by atomic mass is 10.0. The van der Waals surface area contributed by atoms with Gasteiger partial charge in [-0.1, -0.05) is 19.9 Å². The summed E-state index contributed by atoms with van der Waals surface area (Å²) in [5.74, 6) is -0.493. The number of rotatable bonds is 4. The lowest BCUT2D eigenvalue weighted by Gasteiger charge is -2.13. The first-order chi connectivity index (χ1) is 9.71. The van der Waals surface area contributed by atoms with Gasteiger partial charge in [-0.3, -0.25) is 4.79 Å². The van der Waals surface area contributed by atoms with Crippen LogP contribution in [0.3, 0.4) is 0 Å². The van der Waals surface area contributed by atoms with Crippen LogP contribution in [0.1, 0.15) is 35.3 Å². The Balaban J connectivity index is 0.00000191. The molecule has 1 rings (SSSR count). The number of nitrogens with zero attached hydrogens (tertiary/aromatic N) is 1. The van der Waals surface area contributed by atoms with Crippen LogP contribution in [0.4, 0.5) is 13.2 Å². The zero-order valence-electron chi connectivity index (χ0n) is 13.1. The molecule has 0 fully saturated rings. The number of carbonyl (C=O) groups excluding carboxylic acids is 1. The molecule has 0 bridgehead atoms. The summed E-state index contributed by atoms with van der Waals surface area (Å²) >= 11 is 0. The molecule has 0 saturated heterocycles. The quantitative estimate of drug-likeness (QED) is 0.925. The molecule has 6 heteroatoms. The fourth-order valence-corrected chi connectivity index (χ4v) is 1.56. The van der Waals surface area contributed by atoms with Gasteiger partial charge in [0.2, 0.25) is 0 Å². The highest BCUT2D eigenvalue weighted by Crippen LogP contribution is 2.32. The van der Waals surface area contributed by atoms with Crippen molar-refractivity contribution >= 4 is 5.91 Å². The molecule has 120 valence electrons. The Labute approximate surface area is 124 Å². The molecule has 1 aromatic carbocycles. The number of halogens is 3. The van der Waals surface area contributed by atoms with E-state index < -0.39 is 17.6 Å². The van der Waals surface area contributed by atoms with Crippen LogP contribution in [0, 0.1) is 6.92 Å². The summed E-state index contributed by atoms with van der Waals surface area (Å²) < 4.78 is 38.1. The van der Waals surface area contributed by atoms with Crippen molar-refractivity contribution in [3.8, 4) is 0 Å². The predicted octanol–water partition coefficient (Wildman–Crippen LogP) is 3.33. The number of benzene rings is 1. The van der Waals surface area contributed by atoms with E-state index in [-0.39, 0.29) is 11.1 Å². The summed E-state index contributed by atoms with van der Waals surface area (Å²) in [4.78, 5) is 13.6. The average Bonchev–Trinajstić information content (AvgIpc) is 2.39. The van der Waals surface area contributed by atoms with Crippen molar-refractivity contribution in [2.45, 2.75) is 26.9 Å². The molecule has 0 aliphatic rings. The summed E-state index contributed by atoms with van der Waals surface area (Å²) in [6.07, 6.45) is -4.44. The second kappa shape index (κ2) is 8.67. The smallest absolute Gasteiger partial charge is 0.351 e. The molecule has 1 aromatic rings. The van der Waals surface area contributed by atoms with Gasteiger partial charge in [0.05, 0.1) is 5.56 Å². The number of alkyl halides is 3. The molecular weight excluding hydrogens is 281 g/mol. The van der Waals surface area contributed by atoms with E-state index in [1.54, 1.807) is 0 Å². The van der Waals surface area contributed by atoms with Crippen LogP contribution in [-0.2, 0) is 6.18 Å². The van der Waals surface area contributed by atoms with E-state index in [1.165, 1.54) is 19.1 Å². The molecule has 0 saturated carbocycles. The molecule has 21 heavy (non-hydrogen) atoms. The second-order valence-corrected chi connectivity index (χ2v) is 4.59. The molecule has 0 aromatic heterocycles. The summed E-state index contributed by atoms with van der Waals surface area (Å²) in [6, 6.07) is 3.60. The predicted molar refractivity (Wildman–Crippen MR) is 78.4 cm³/mol. The minimum atomic E-state index is -4.44. The van der Waals surface area contributed by atoms with Crippen molar-refractivity contribution in [1.29, 1.82) is 0 Å². The van der Waals surface area contributed by atoms with E-state index >= 15 is 0 Å². The molecular formula is C15H23F3N2O. The third kappa shape index (κ3) is 6.62. The highest BCUT2D eigenvalue weighted by Gasteiger charge is 2.32. The number of hydrogen-bond donors (Lipinski definition) is 1. The molecule has 1 amide bonds. The molecule has 0 unspecified atom stereocenters. The normalized spacial score (nSPS) is 10.9. The van der Waals surface area contributed by atoms with Crippen LogP contribution in [0.15, 0.2) is 18.2 Å². The topological polar surface area (TPSA) is 32.3 Å². The van der Waals surface area contributed by atoms with Gasteiger partial charge in [0.25, 0.3) is 5.91 Å². The molecule has 0 heterocycles. The van der Waals surface area contributed by atoms with Gasteiger partial charge in [-0.2, -0.15) is 13.2 Å². The van der Waals surface area contributed by atoms with Crippen LogP contribution in [0.25, 0.3) is 0 Å². The van der Waals surface area contributed by atoms with Gasteiger partial charge in [0, 0.05) is 18.7 Å². The molecule has 0 radical (unpaired) electrons. The molecule has 0 spiro atoms. The van der Waals surface area contributed by atoms with Gasteiger partial charge < -0.3 is 10.2 Å². The van der Waals surface area contributed by atoms with E-state index in [0.717, 1.165) is 6.07 Å². The lowest BCUT2D eigenvalue weighted by Crippen LogP contribution is -2.31. The van der Waals surface area contributed by atoms with E-state index in [9.17, 15) is 18.0 Å². The second-order valence-electron chi connectivity index (χ2n) is 4.59. The zero-order chi connectivity index (χ0) is 16.6. The van der Waals surface area contributed by atoms with Gasteiger partial charge in [-0.15, -0.1) is 0 Å². The molecule has 0 atom stereocenters. The number of aryl methyl sites for hydroxylation is 1. The Kier molecular flexibility index (Phi) is 8.02. The van der Waals surface area contributed by atoms with Gasteiger partial charge in [-0.05, 0) is 38.7 Å². The lowest BCUT2D eigenvalue weighted by molar-refractivity contribution is -0.138. The van der Waals surface area contributed by atoms with Gasteiger partial charge >= 0.3 is 6.18 Å². The number of nitrogens with one attached hydrogen (secondary N) is 1. The maximum Gasteiger partial charge on any atom is 0.416 e. The van der Waals surface area contributed by atoms with E-state index in [2.05, 4.69) is 5.32 Å². The first kappa shape index (κ1) is 19.4. The van der Waals surface area contributed by atoms with E-state index in [1.807, 2.05) is 32.8 Å². The Morgan fingerprint density at radius 2 is 1.81 bits per heavy atom. The summed E-state index contributed by atoms with van der Waals surface area (Å²) in [6.45, 7) is 6.39. The van der Waals surface area contributed by atoms with Crippen LogP contribution in [-0.4, -0.2) is 38.0 Å². The number of likely N-dealkylation sites (N-methyl/N-ethyl adjacent to an activating group) is 1. The standard InChI is InChI=1S/C13H17F3N2O.C2H6/c1-9-4-5-10(8-11(9)13(14,15)16)12(19)17-6-7-18(2)3;1-2/h4-5,8H,6-7H2,1-3H3,(H,17,19);1-2H3. The highest BCUT2D eigenvalue weighted by atomic mass is 19.4. The van der Waals surface area contributed by atoms with Gasteiger partial charge in [-0.25, -0.2) is 0 Å². The maximum absolute atomic E-state index is 12.7. The van der Waals surface area contributed by atoms with Crippen molar-refractivity contribution < 1.29 is 18.0 Å². The Morgan fingerprint density at radius 3 is 2.29 bits per heavy atom. The minimum absolute atomic E-state index is 0.0247. The fourth-order valence-electron chi connectivity index (χ4n) is 1.56. The third-order valence-electron chi connectivity index (χ3n) is 2.65. The Morgan fingerprint density at radius 1 is 1.24 bits per heavy atom.